The van der Waals surface area contributed by atoms with Crippen molar-refractivity contribution in [1.82, 2.24) is 0 Å². The lowest BCUT2D eigenvalue weighted by Crippen LogP contribution is -2.42. The third-order valence-corrected chi connectivity index (χ3v) is 2.61. The summed E-state index contributed by atoms with van der Waals surface area (Å²) in [5.41, 5.74) is 0.618. The van der Waals surface area contributed by atoms with Crippen LogP contribution >= 0.6 is 0 Å². The monoisotopic (exact) mass is 250 g/mol. The molecule has 0 saturated carbocycles. The van der Waals surface area contributed by atoms with Crippen LogP contribution in [-0.2, 0) is 9.47 Å². The first-order valence-corrected chi connectivity index (χ1v) is 6.51. The number of Topliss-reactive ketones (excluding diaryl/α,β-unsaturated/α-hetero) is 1. The predicted octanol–water partition coefficient (Wildman–Crippen LogP) is 3.44. The van der Waals surface area contributed by atoms with Crippen LogP contribution in [0.4, 0.5) is 0 Å². The van der Waals surface area contributed by atoms with E-state index < -0.39 is 5.79 Å². The van der Waals surface area contributed by atoms with Crippen LogP contribution in [0.25, 0.3) is 0 Å². The molecular formula is C15H22O3. The van der Waals surface area contributed by atoms with E-state index in [-0.39, 0.29) is 5.78 Å². The predicted molar refractivity (Wildman–Crippen MR) is 71.7 cm³/mol. The average Bonchev–Trinajstić information content (AvgIpc) is 2.43. The van der Waals surface area contributed by atoms with E-state index >= 15 is 0 Å². The zero-order chi connectivity index (χ0) is 13.4. The van der Waals surface area contributed by atoms with Crippen LogP contribution in [-0.4, -0.2) is 24.8 Å². The number of carbonyl (C=O) groups excluding carboxylic acids is 1. The van der Waals surface area contributed by atoms with Gasteiger partial charge < -0.3 is 9.47 Å². The van der Waals surface area contributed by atoms with Crippen molar-refractivity contribution in [2.24, 2.45) is 0 Å². The van der Waals surface area contributed by atoms with Gasteiger partial charge in [-0.25, -0.2) is 0 Å². The molecule has 0 fully saturated rings. The summed E-state index contributed by atoms with van der Waals surface area (Å²) in [6.45, 7) is 6.74. The number of benzene rings is 1. The average molecular weight is 250 g/mol. The van der Waals surface area contributed by atoms with Gasteiger partial charge in [-0.3, -0.25) is 4.79 Å². The van der Waals surface area contributed by atoms with Gasteiger partial charge in [-0.05, 0) is 19.8 Å². The third kappa shape index (κ3) is 3.93. The molecule has 3 heteroatoms. The topological polar surface area (TPSA) is 35.5 Å². The molecule has 18 heavy (non-hydrogen) atoms. The SMILES string of the molecule is CCCOC(C)(OCCC)C(=O)c1ccccc1. The number of hydrogen-bond acceptors (Lipinski definition) is 3. The van der Waals surface area contributed by atoms with Crippen LogP contribution in [0, 0.1) is 0 Å². The second-order valence-corrected chi connectivity index (χ2v) is 4.34. The van der Waals surface area contributed by atoms with Gasteiger partial charge in [0.05, 0.1) is 13.2 Å². The minimum Gasteiger partial charge on any atom is -0.344 e. The van der Waals surface area contributed by atoms with Crippen LogP contribution in [0.2, 0.25) is 0 Å². The van der Waals surface area contributed by atoms with E-state index in [2.05, 4.69) is 0 Å². The Labute approximate surface area is 109 Å². The summed E-state index contributed by atoms with van der Waals surface area (Å²) in [7, 11) is 0. The first kappa shape index (κ1) is 14.9. The number of ether oxygens (including phenoxy) is 2. The van der Waals surface area contributed by atoms with E-state index in [9.17, 15) is 4.79 Å². The number of ketones is 1. The molecule has 0 saturated heterocycles. The van der Waals surface area contributed by atoms with Gasteiger partial charge in [-0.2, -0.15) is 0 Å². The summed E-state index contributed by atoms with van der Waals surface area (Å²) in [5, 5.41) is 0. The van der Waals surface area contributed by atoms with Crippen molar-refractivity contribution in [3.8, 4) is 0 Å². The van der Waals surface area contributed by atoms with Crippen LogP contribution in [0.15, 0.2) is 30.3 Å². The van der Waals surface area contributed by atoms with Crippen LogP contribution in [0.5, 0.6) is 0 Å². The molecule has 3 nitrogen and oxygen atoms in total. The Morgan fingerprint density at radius 2 is 1.56 bits per heavy atom. The van der Waals surface area contributed by atoms with E-state index in [0.29, 0.717) is 18.8 Å². The highest BCUT2D eigenvalue weighted by Gasteiger charge is 2.35. The van der Waals surface area contributed by atoms with Gasteiger partial charge >= 0.3 is 0 Å². The quantitative estimate of drug-likeness (QED) is 0.523. The molecule has 0 aliphatic heterocycles. The second kappa shape index (κ2) is 7.29. The Bertz CT molecular complexity index is 351. The van der Waals surface area contributed by atoms with E-state index in [1.165, 1.54) is 0 Å². The minimum absolute atomic E-state index is 0.120. The molecule has 1 rings (SSSR count). The number of rotatable bonds is 8. The van der Waals surface area contributed by atoms with Crippen LogP contribution in [0.3, 0.4) is 0 Å². The largest absolute Gasteiger partial charge is 0.344 e. The Morgan fingerprint density at radius 3 is 2.00 bits per heavy atom. The Balaban J connectivity index is 2.84. The Morgan fingerprint density at radius 1 is 1.06 bits per heavy atom. The summed E-state index contributed by atoms with van der Waals surface area (Å²) < 4.78 is 11.3. The third-order valence-electron chi connectivity index (χ3n) is 2.61. The first-order chi connectivity index (χ1) is 8.64. The highest BCUT2D eigenvalue weighted by Crippen LogP contribution is 2.20. The van der Waals surface area contributed by atoms with Gasteiger partial charge in [0.15, 0.2) is 0 Å². The first-order valence-electron chi connectivity index (χ1n) is 6.51. The highest BCUT2D eigenvalue weighted by molar-refractivity contribution is 6.01. The van der Waals surface area contributed by atoms with Crippen molar-refractivity contribution < 1.29 is 14.3 Å². The molecule has 0 unspecified atom stereocenters. The van der Waals surface area contributed by atoms with Gasteiger partial charge in [0, 0.05) is 5.56 Å². The molecule has 0 aromatic heterocycles. The van der Waals surface area contributed by atoms with E-state index in [4.69, 9.17) is 9.47 Å². The maximum atomic E-state index is 12.4. The van der Waals surface area contributed by atoms with Crippen molar-refractivity contribution in [3.63, 3.8) is 0 Å². The van der Waals surface area contributed by atoms with E-state index in [1.54, 1.807) is 19.1 Å². The normalized spacial score (nSPS) is 11.5. The summed E-state index contributed by atoms with van der Waals surface area (Å²) in [6, 6.07) is 9.13. The zero-order valence-corrected chi connectivity index (χ0v) is 11.4. The fourth-order valence-corrected chi connectivity index (χ4v) is 1.62. The van der Waals surface area contributed by atoms with Gasteiger partial charge in [0.25, 0.3) is 0 Å². The van der Waals surface area contributed by atoms with Crippen molar-refractivity contribution in [2.45, 2.75) is 39.4 Å². The van der Waals surface area contributed by atoms with Crippen LogP contribution < -0.4 is 0 Å². The summed E-state index contributed by atoms with van der Waals surface area (Å²) in [4.78, 5) is 12.4. The van der Waals surface area contributed by atoms with Crippen molar-refractivity contribution in [3.05, 3.63) is 35.9 Å². The molecular weight excluding hydrogens is 228 g/mol. The van der Waals surface area contributed by atoms with Crippen molar-refractivity contribution in [2.75, 3.05) is 13.2 Å². The zero-order valence-electron chi connectivity index (χ0n) is 11.4. The lowest BCUT2D eigenvalue weighted by atomic mass is 10.0. The molecule has 100 valence electrons. The van der Waals surface area contributed by atoms with Gasteiger partial charge in [-0.15, -0.1) is 0 Å². The summed E-state index contributed by atoms with van der Waals surface area (Å²) in [5.74, 6) is -1.29. The van der Waals surface area contributed by atoms with E-state index in [1.807, 2.05) is 32.0 Å². The fraction of sp³-hybridized carbons (Fsp3) is 0.533. The highest BCUT2D eigenvalue weighted by atomic mass is 16.7. The smallest absolute Gasteiger partial charge is 0.230 e. The minimum atomic E-state index is -1.17. The van der Waals surface area contributed by atoms with Crippen LogP contribution in [0.1, 0.15) is 44.0 Å². The molecule has 0 aliphatic carbocycles. The molecule has 1 aromatic rings. The second-order valence-electron chi connectivity index (χ2n) is 4.34. The summed E-state index contributed by atoms with van der Waals surface area (Å²) >= 11 is 0. The Hall–Kier alpha value is -1.19. The van der Waals surface area contributed by atoms with E-state index in [0.717, 1.165) is 12.8 Å². The maximum Gasteiger partial charge on any atom is 0.230 e. The van der Waals surface area contributed by atoms with Gasteiger partial charge in [-0.1, -0.05) is 44.2 Å². The van der Waals surface area contributed by atoms with Gasteiger partial charge in [0.1, 0.15) is 0 Å². The molecule has 0 amide bonds. The standard InChI is InChI=1S/C15H22O3/c1-4-11-17-15(3,18-12-5-2)14(16)13-9-7-6-8-10-13/h6-10H,4-5,11-12H2,1-3H3. The lowest BCUT2D eigenvalue weighted by molar-refractivity contribution is -0.190. The molecule has 0 heterocycles. The molecule has 1 aromatic carbocycles. The van der Waals surface area contributed by atoms with Gasteiger partial charge in [0.2, 0.25) is 11.6 Å². The molecule has 0 radical (unpaired) electrons. The molecule has 0 spiro atoms. The van der Waals surface area contributed by atoms with Crippen molar-refractivity contribution >= 4 is 5.78 Å². The fourth-order valence-electron chi connectivity index (χ4n) is 1.62. The summed E-state index contributed by atoms with van der Waals surface area (Å²) in [6.07, 6.45) is 1.71. The Kier molecular flexibility index (Phi) is 6.02. The number of carbonyl (C=O) groups is 1. The lowest BCUT2D eigenvalue weighted by Gasteiger charge is -2.28. The number of hydrogen-bond donors (Lipinski definition) is 0. The van der Waals surface area contributed by atoms with Crippen molar-refractivity contribution in [1.29, 1.82) is 0 Å². The molecule has 0 atom stereocenters. The maximum absolute atomic E-state index is 12.4. The molecule has 0 N–H and O–H groups in total. The molecule has 0 aliphatic rings. The molecule has 0 bridgehead atoms.